The zero-order valence-corrected chi connectivity index (χ0v) is 14.8. The van der Waals surface area contributed by atoms with E-state index in [0.717, 1.165) is 35.9 Å². The van der Waals surface area contributed by atoms with E-state index >= 15 is 0 Å². The lowest BCUT2D eigenvalue weighted by molar-refractivity contribution is -0.149. The van der Waals surface area contributed by atoms with Crippen LogP contribution in [0.25, 0.3) is 0 Å². The largest absolute Gasteiger partial charge is 0.466 e. The van der Waals surface area contributed by atoms with Crippen LogP contribution in [0.3, 0.4) is 0 Å². The number of aromatic nitrogens is 1. The van der Waals surface area contributed by atoms with Crippen molar-refractivity contribution in [2.24, 2.45) is 11.8 Å². The molecule has 1 unspecified atom stereocenters. The first-order valence-corrected chi connectivity index (χ1v) is 9.15. The van der Waals surface area contributed by atoms with Gasteiger partial charge < -0.3 is 4.74 Å². The van der Waals surface area contributed by atoms with Gasteiger partial charge in [0.15, 0.2) is 0 Å². The van der Waals surface area contributed by atoms with Gasteiger partial charge in [0.1, 0.15) is 0 Å². The first kappa shape index (κ1) is 16.7. The van der Waals surface area contributed by atoms with Gasteiger partial charge in [0.05, 0.1) is 27.5 Å². The summed E-state index contributed by atoms with van der Waals surface area (Å²) in [5.74, 6) is 1.09. The summed E-state index contributed by atoms with van der Waals surface area (Å²) in [4.78, 5) is 16.3. The van der Waals surface area contributed by atoms with Crippen molar-refractivity contribution in [3.8, 4) is 0 Å². The van der Waals surface area contributed by atoms with E-state index in [2.05, 4.69) is 27.5 Å². The summed E-state index contributed by atoms with van der Waals surface area (Å²) in [6.45, 7) is 6.23. The molecule has 1 atom stereocenters. The highest BCUT2D eigenvalue weighted by Gasteiger charge is 2.32. The van der Waals surface area contributed by atoms with Gasteiger partial charge in [0, 0.05) is 5.92 Å². The molecule has 0 saturated heterocycles. The maximum absolute atomic E-state index is 11.8. The van der Waals surface area contributed by atoms with E-state index < -0.39 is 0 Å². The second-order valence-electron chi connectivity index (χ2n) is 5.50. The molecule has 116 valence electrons. The fourth-order valence-corrected chi connectivity index (χ4v) is 4.58. The number of hydrogen-bond donors (Lipinski definition) is 0. The quantitative estimate of drug-likeness (QED) is 0.525. The molecule has 1 aromatic heterocycles. The number of allylic oxidation sites excluding steroid dienone is 1. The molecule has 0 spiro atoms. The number of hydrogen-bond acceptors (Lipinski definition) is 4. The van der Waals surface area contributed by atoms with Crippen LogP contribution >= 0.6 is 27.3 Å². The van der Waals surface area contributed by atoms with Crippen molar-refractivity contribution in [2.45, 2.75) is 44.9 Å². The fourth-order valence-electron chi connectivity index (χ4n) is 3.13. The van der Waals surface area contributed by atoms with Gasteiger partial charge in [0.2, 0.25) is 0 Å². The number of nitrogens with zero attached hydrogens (tertiary/aromatic N) is 1. The van der Waals surface area contributed by atoms with E-state index in [9.17, 15) is 4.79 Å². The zero-order chi connectivity index (χ0) is 15.2. The molecule has 0 radical (unpaired) electrons. The Morgan fingerprint density at radius 3 is 2.81 bits per heavy atom. The third-order valence-corrected chi connectivity index (χ3v) is 5.80. The summed E-state index contributed by atoms with van der Waals surface area (Å²) in [7, 11) is 0. The summed E-state index contributed by atoms with van der Waals surface area (Å²) < 4.78 is 6.22. The average Bonchev–Trinajstić information content (AvgIpc) is 2.91. The maximum atomic E-state index is 11.8. The minimum Gasteiger partial charge on any atom is -0.466 e. The molecule has 0 aliphatic heterocycles. The molecule has 1 aliphatic carbocycles. The molecule has 0 bridgehead atoms. The van der Waals surface area contributed by atoms with Crippen LogP contribution in [0, 0.1) is 11.8 Å². The van der Waals surface area contributed by atoms with E-state index in [4.69, 9.17) is 4.74 Å². The van der Waals surface area contributed by atoms with Gasteiger partial charge in [0.25, 0.3) is 0 Å². The third kappa shape index (κ3) is 4.39. The molecule has 2 rings (SSSR count). The summed E-state index contributed by atoms with van der Waals surface area (Å²) in [6, 6.07) is 0. The van der Waals surface area contributed by atoms with E-state index in [-0.39, 0.29) is 11.9 Å². The number of thiazole rings is 1. The molecule has 1 aliphatic rings. The van der Waals surface area contributed by atoms with E-state index in [0.29, 0.717) is 18.4 Å². The average molecular weight is 372 g/mol. The van der Waals surface area contributed by atoms with Crippen LogP contribution in [0.15, 0.2) is 22.6 Å². The molecule has 0 amide bonds. The topological polar surface area (TPSA) is 39.2 Å². The molecular weight excluding hydrogens is 350 g/mol. The molecule has 3 nitrogen and oxygen atoms in total. The predicted molar refractivity (Wildman–Crippen MR) is 89.5 cm³/mol. The van der Waals surface area contributed by atoms with Crippen LogP contribution in [-0.4, -0.2) is 17.6 Å². The van der Waals surface area contributed by atoms with Crippen molar-refractivity contribution in [3.05, 3.63) is 27.6 Å². The predicted octanol–water partition coefficient (Wildman–Crippen LogP) is 4.93. The van der Waals surface area contributed by atoms with Crippen LogP contribution in [0.1, 0.15) is 50.0 Å². The van der Waals surface area contributed by atoms with Gasteiger partial charge in [-0.1, -0.05) is 6.08 Å². The molecule has 1 heterocycles. The monoisotopic (exact) mass is 371 g/mol. The van der Waals surface area contributed by atoms with Crippen LogP contribution < -0.4 is 0 Å². The van der Waals surface area contributed by atoms with E-state index in [1.807, 2.05) is 19.2 Å². The SMILES string of the molecule is C=CCC(c1ncc(Br)s1)C1CCC(C(=O)OCC)CC1. The third-order valence-electron chi connectivity index (χ3n) is 4.19. The molecule has 1 saturated carbocycles. The Labute approximate surface area is 138 Å². The molecule has 1 fully saturated rings. The second-order valence-corrected chi connectivity index (χ2v) is 7.94. The highest BCUT2D eigenvalue weighted by Crippen LogP contribution is 2.42. The highest BCUT2D eigenvalue weighted by atomic mass is 79.9. The molecule has 5 heteroatoms. The van der Waals surface area contributed by atoms with Crippen molar-refractivity contribution in [1.29, 1.82) is 0 Å². The Morgan fingerprint density at radius 1 is 1.57 bits per heavy atom. The molecular formula is C16H22BrNO2S. The number of rotatable bonds is 6. The Hall–Kier alpha value is -0.680. The smallest absolute Gasteiger partial charge is 0.308 e. The van der Waals surface area contributed by atoms with E-state index in [1.165, 1.54) is 5.01 Å². The Bertz CT molecular complexity index is 480. The Kier molecular flexibility index (Phi) is 6.42. The molecule has 21 heavy (non-hydrogen) atoms. The van der Waals surface area contributed by atoms with Crippen molar-refractivity contribution in [1.82, 2.24) is 4.98 Å². The van der Waals surface area contributed by atoms with Gasteiger partial charge in [-0.25, -0.2) is 4.98 Å². The van der Waals surface area contributed by atoms with Crippen LogP contribution in [-0.2, 0) is 9.53 Å². The standard InChI is InChI=1S/C16H22BrNO2S/c1-3-5-13(15-18-10-14(17)21-15)11-6-8-12(9-7-11)16(19)20-4-2/h3,10-13H,1,4-9H2,2H3. The van der Waals surface area contributed by atoms with Gasteiger partial charge in [-0.2, -0.15) is 0 Å². The van der Waals surface area contributed by atoms with Crippen molar-refractivity contribution < 1.29 is 9.53 Å². The highest BCUT2D eigenvalue weighted by molar-refractivity contribution is 9.11. The summed E-state index contributed by atoms with van der Waals surface area (Å²) >= 11 is 5.20. The normalized spacial score (nSPS) is 23.5. The number of ether oxygens (including phenoxy) is 1. The van der Waals surface area contributed by atoms with Gasteiger partial charge >= 0.3 is 5.97 Å². The number of carbonyl (C=O) groups is 1. The Morgan fingerprint density at radius 2 is 2.29 bits per heavy atom. The van der Waals surface area contributed by atoms with Gasteiger partial charge in [-0.15, -0.1) is 17.9 Å². The maximum Gasteiger partial charge on any atom is 0.308 e. The summed E-state index contributed by atoms with van der Waals surface area (Å²) in [6.07, 6.45) is 8.82. The van der Waals surface area contributed by atoms with Crippen molar-refractivity contribution in [2.75, 3.05) is 6.61 Å². The summed E-state index contributed by atoms with van der Waals surface area (Å²) in [5, 5.41) is 1.18. The lowest BCUT2D eigenvalue weighted by Gasteiger charge is -2.31. The van der Waals surface area contributed by atoms with Gasteiger partial charge in [-0.3, -0.25) is 4.79 Å². The van der Waals surface area contributed by atoms with Crippen LogP contribution in [0.2, 0.25) is 0 Å². The molecule has 1 aromatic rings. The minimum atomic E-state index is -0.0202. The minimum absolute atomic E-state index is 0.0202. The summed E-state index contributed by atoms with van der Waals surface area (Å²) in [5.41, 5.74) is 0. The number of halogens is 1. The first-order valence-electron chi connectivity index (χ1n) is 7.54. The number of carbonyl (C=O) groups excluding carboxylic acids is 1. The van der Waals surface area contributed by atoms with Crippen LogP contribution in [0.4, 0.5) is 0 Å². The second kappa shape index (κ2) is 8.08. The van der Waals surface area contributed by atoms with E-state index in [1.54, 1.807) is 11.3 Å². The molecule has 0 aromatic carbocycles. The Balaban J connectivity index is 1.98. The number of esters is 1. The lowest BCUT2D eigenvalue weighted by Crippen LogP contribution is -2.26. The first-order chi connectivity index (χ1) is 10.2. The van der Waals surface area contributed by atoms with Crippen molar-refractivity contribution in [3.63, 3.8) is 0 Å². The van der Waals surface area contributed by atoms with Gasteiger partial charge in [-0.05, 0) is 60.9 Å². The van der Waals surface area contributed by atoms with Crippen molar-refractivity contribution >= 4 is 33.2 Å². The lowest BCUT2D eigenvalue weighted by atomic mass is 9.75. The fraction of sp³-hybridized carbons (Fsp3) is 0.625. The molecule has 0 N–H and O–H groups in total. The van der Waals surface area contributed by atoms with Crippen LogP contribution in [0.5, 0.6) is 0 Å². The zero-order valence-electron chi connectivity index (χ0n) is 12.4.